The Morgan fingerprint density at radius 1 is 1.24 bits per heavy atom. The van der Waals surface area contributed by atoms with Gasteiger partial charge in [-0.15, -0.1) is 0 Å². The summed E-state index contributed by atoms with van der Waals surface area (Å²) in [6.45, 7) is 8.25. The molecule has 4 nitrogen and oxygen atoms in total. The minimum atomic E-state index is 0.719. The van der Waals surface area contributed by atoms with E-state index in [0.717, 1.165) is 36.7 Å². The van der Waals surface area contributed by atoms with Gasteiger partial charge >= 0.3 is 0 Å². The molecule has 1 N–H and O–H groups in total. The number of nitrogens with zero attached hydrogens (tertiary/aromatic N) is 3. The number of hydrogen-bond donors (Lipinski definition) is 1. The fourth-order valence-corrected chi connectivity index (χ4v) is 2.61. The molecule has 1 heterocycles. The number of aryl methyl sites for hydroxylation is 2. The summed E-state index contributed by atoms with van der Waals surface area (Å²) in [5.41, 5.74) is 0. The summed E-state index contributed by atoms with van der Waals surface area (Å²) in [6.07, 6.45) is 5.41. The molecule has 0 aromatic carbocycles. The molecule has 0 aliphatic heterocycles. The normalized spacial score (nSPS) is 25.1. The zero-order valence-electron chi connectivity index (χ0n) is 11.2. The van der Waals surface area contributed by atoms with E-state index in [1.54, 1.807) is 0 Å². The molecule has 1 saturated carbocycles. The van der Waals surface area contributed by atoms with Crippen LogP contribution in [-0.4, -0.2) is 27.4 Å². The van der Waals surface area contributed by atoms with Crippen LogP contribution in [0.2, 0.25) is 0 Å². The molecule has 1 aromatic rings. The van der Waals surface area contributed by atoms with Gasteiger partial charge in [0.05, 0.1) is 6.54 Å². The van der Waals surface area contributed by atoms with E-state index in [9.17, 15) is 0 Å². The number of aromatic nitrogens is 3. The van der Waals surface area contributed by atoms with Gasteiger partial charge in [-0.1, -0.05) is 6.92 Å². The number of nitrogens with one attached hydrogen (secondary N) is 1. The second-order valence-corrected chi connectivity index (χ2v) is 5.34. The van der Waals surface area contributed by atoms with E-state index in [4.69, 9.17) is 0 Å². The zero-order valence-corrected chi connectivity index (χ0v) is 11.2. The Kier molecular flexibility index (Phi) is 4.15. The Bertz CT molecular complexity index is 350. The van der Waals surface area contributed by atoms with Crippen LogP contribution in [0.4, 0.5) is 0 Å². The lowest BCUT2D eigenvalue weighted by Crippen LogP contribution is -2.35. The fourth-order valence-electron chi connectivity index (χ4n) is 2.61. The second kappa shape index (κ2) is 5.63. The lowest BCUT2D eigenvalue weighted by Gasteiger charge is -2.27. The SMILES string of the molecule is Cc1nc(C)n(CCNC2CCC(C)CC2)n1. The third-order valence-corrected chi connectivity index (χ3v) is 3.74. The monoisotopic (exact) mass is 236 g/mol. The van der Waals surface area contributed by atoms with Crippen molar-refractivity contribution in [2.75, 3.05) is 6.54 Å². The molecule has 1 aliphatic carbocycles. The van der Waals surface area contributed by atoms with Crippen LogP contribution in [-0.2, 0) is 6.54 Å². The van der Waals surface area contributed by atoms with Crippen molar-refractivity contribution < 1.29 is 0 Å². The summed E-state index contributed by atoms with van der Waals surface area (Å²) in [5, 5.41) is 8.01. The van der Waals surface area contributed by atoms with Crippen LogP contribution in [0.5, 0.6) is 0 Å². The zero-order chi connectivity index (χ0) is 12.3. The molecule has 2 rings (SSSR count). The Balaban J connectivity index is 1.71. The van der Waals surface area contributed by atoms with E-state index in [1.165, 1.54) is 25.7 Å². The van der Waals surface area contributed by atoms with Crippen LogP contribution in [0.25, 0.3) is 0 Å². The fraction of sp³-hybridized carbons (Fsp3) is 0.846. The third kappa shape index (κ3) is 3.53. The second-order valence-electron chi connectivity index (χ2n) is 5.34. The minimum absolute atomic E-state index is 0.719. The van der Waals surface area contributed by atoms with Crippen molar-refractivity contribution in [3.63, 3.8) is 0 Å². The van der Waals surface area contributed by atoms with E-state index in [-0.39, 0.29) is 0 Å². The Morgan fingerprint density at radius 3 is 2.53 bits per heavy atom. The highest BCUT2D eigenvalue weighted by atomic mass is 15.3. The minimum Gasteiger partial charge on any atom is -0.312 e. The molecule has 0 amide bonds. The van der Waals surface area contributed by atoms with Crippen molar-refractivity contribution in [2.24, 2.45) is 5.92 Å². The van der Waals surface area contributed by atoms with Crippen LogP contribution in [0.15, 0.2) is 0 Å². The maximum Gasteiger partial charge on any atom is 0.147 e. The Labute approximate surface area is 104 Å². The van der Waals surface area contributed by atoms with Gasteiger partial charge in [0.1, 0.15) is 11.6 Å². The first kappa shape index (κ1) is 12.6. The first-order chi connectivity index (χ1) is 8.15. The molecule has 0 unspecified atom stereocenters. The summed E-state index contributed by atoms with van der Waals surface area (Å²) >= 11 is 0. The third-order valence-electron chi connectivity index (χ3n) is 3.74. The van der Waals surface area contributed by atoms with Gasteiger partial charge in [-0.25, -0.2) is 9.67 Å². The van der Waals surface area contributed by atoms with Crippen LogP contribution < -0.4 is 5.32 Å². The topological polar surface area (TPSA) is 42.7 Å². The van der Waals surface area contributed by atoms with Crippen LogP contribution >= 0.6 is 0 Å². The summed E-state index contributed by atoms with van der Waals surface area (Å²) in [6, 6.07) is 0.719. The van der Waals surface area contributed by atoms with Crippen molar-refractivity contribution in [1.82, 2.24) is 20.1 Å². The van der Waals surface area contributed by atoms with Gasteiger partial charge in [0.2, 0.25) is 0 Å². The lowest BCUT2D eigenvalue weighted by atomic mass is 9.87. The molecular weight excluding hydrogens is 212 g/mol. The first-order valence-electron chi connectivity index (χ1n) is 6.76. The highest BCUT2D eigenvalue weighted by Gasteiger charge is 2.17. The van der Waals surface area contributed by atoms with E-state index in [1.807, 2.05) is 18.5 Å². The average molecular weight is 236 g/mol. The Morgan fingerprint density at radius 2 is 1.94 bits per heavy atom. The number of hydrogen-bond acceptors (Lipinski definition) is 3. The van der Waals surface area contributed by atoms with Crippen molar-refractivity contribution in [1.29, 1.82) is 0 Å². The summed E-state index contributed by atoms with van der Waals surface area (Å²) < 4.78 is 1.99. The predicted octanol–water partition coefficient (Wildman–Crippen LogP) is 2.06. The molecule has 17 heavy (non-hydrogen) atoms. The van der Waals surface area contributed by atoms with Crippen molar-refractivity contribution in [3.05, 3.63) is 11.6 Å². The highest BCUT2D eigenvalue weighted by Crippen LogP contribution is 2.23. The van der Waals surface area contributed by atoms with E-state index in [2.05, 4.69) is 22.3 Å². The molecule has 1 fully saturated rings. The molecule has 4 heteroatoms. The number of rotatable bonds is 4. The summed E-state index contributed by atoms with van der Waals surface area (Å²) in [5.74, 6) is 2.81. The van der Waals surface area contributed by atoms with Crippen molar-refractivity contribution >= 4 is 0 Å². The van der Waals surface area contributed by atoms with E-state index in [0.29, 0.717) is 0 Å². The van der Waals surface area contributed by atoms with Gasteiger partial charge in [0.15, 0.2) is 0 Å². The molecule has 0 saturated heterocycles. The largest absolute Gasteiger partial charge is 0.312 e. The highest BCUT2D eigenvalue weighted by molar-refractivity contribution is 4.87. The maximum atomic E-state index is 4.37. The molecule has 0 radical (unpaired) electrons. The molecule has 1 aromatic heterocycles. The molecule has 0 bridgehead atoms. The van der Waals surface area contributed by atoms with Gasteiger partial charge < -0.3 is 5.32 Å². The quantitative estimate of drug-likeness (QED) is 0.870. The van der Waals surface area contributed by atoms with E-state index >= 15 is 0 Å². The van der Waals surface area contributed by atoms with Crippen molar-refractivity contribution in [3.8, 4) is 0 Å². The lowest BCUT2D eigenvalue weighted by molar-refractivity contribution is 0.303. The standard InChI is InChI=1S/C13H24N4/c1-10-4-6-13(7-5-10)14-8-9-17-12(3)15-11(2)16-17/h10,13-14H,4-9H2,1-3H3. The summed E-state index contributed by atoms with van der Waals surface area (Å²) in [7, 11) is 0. The molecular formula is C13H24N4. The molecule has 0 spiro atoms. The maximum absolute atomic E-state index is 4.37. The predicted molar refractivity (Wildman–Crippen MR) is 68.9 cm³/mol. The van der Waals surface area contributed by atoms with Gasteiger partial charge in [-0.2, -0.15) is 5.10 Å². The van der Waals surface area contributed by atoms with E-state index < -0.39 is 0 Å². The molecule has 96 valence electrons. The van der Waals surface area contributed by atoms with Gasteiger partial charge in [0.25, 0.3) is 0 Å². The van der Waals surface area contributed by atoms with Crippen LogP contribution in [0.3, 0.4) is 0 Å². The van der Waals surface area contributed by atoms with Crippen LogP contribution in [0, 0.1) is 19.8 Å². The van der Waals surface area contributed by atoms with Gasteiger partial charge in [0, 0.05) is 12.6 Å². The van der Waals surface area contributed by atoms with Gasteiger partial charge in [-0.3, -0.25) is 0 Å². The van der Waals surface area contributed by atoms with Crippen molar-refractivity contribution in [2.45, 2.75) is 59.0 Å². The first-order valence-corrected chi connectivity index (χ1v) is 6.76. The summed E-state index contributed by atoms with van der Waals surface area (Å²) in [4.78, 5) is 4.31. The smallest absolute Gasteiger partial charge is 0.147 e. The van der Waals surface area contributed by atoms with Crippen LogP contribution in [0.1, 0.15) is 44.3 Å². The molecule has 1 aliphatic rings. The average Bonchev–Trinajstić information content (AvgIpc) is 2.60. The molecule has 0 atom stereocenters. The Hall–Kier alpha value is -0.900. The van der Waals surface area contributed by atoms with Gasteiger partial charge in [-0.05, 0) is 45.4 Å².